The number of carbonyl (C=O) groups excluding carboxylic acids is 1. The van der Waals surface area contributed by atoms with Crippen LogP contribution in [0, 0.1) is 5.92 Å². The summed E-state index contributed by atoms with van der Waals surface area (Å²) >= 11 is 3.40. The van der Waals surface area contributed by atoms with E-state index in [1.165, 1.54) is 6.07 Å². The number of fused-ring (bicyclic) bond motifs is 1. The lowest BCUT2D eigenvalue weighted by molar-refractivity contribution is 0.0930. The molecule has 4 N–H and O–H groups in total. The molecule has 2 aromatic rings. The maximum Gasteiger partial charge on any atom is 0.252 e. The molecule has 0 spiro atoms. The minimum Gasteiger partial charge on any atom is -0.349 e. The van der Waals surface area contributed by atoms with E-state index in [1.807, 2.05) is 12.1 Å². The second-order valence-corrected chi connectivity index (χ2v) is 6.66. The first kappa shape index (κ1) is 18.0. The monoisotopic (exact) mass is 399 g/mol. The summed E-state index contributed by atoms with van der Waals surface area (Å²) in [5.74, 6) is 0.114. The van der Waals surface area contributed by atoms with Crippen LogP contribution < -0.4 is 16.6 Å². The van der Waals surface area contributed by atoms with E-state index < -0.39 is 0 Å². The molecule has 1 aliphatic rings. The molecule has 1 aromatic heterocycles. The average Bonchev–Trinajstić information content (AvgIpc) is 2.94. The van der Waals surface area contributed by atoms with Crippen LogP contribution in [0.2, 0.25) is 0 Å². The van der Waals surface area contributed by atoms with Crippen molar-refractivity contribution < 1.29 is 4.79 Å². The summed E-state index contributed by atoms with van der Waals surface area (Å²) < 4.78 is 0.863. The van der Waals surface area contributed by atoms with Crippen LogP contribution in [0.1, 0.15) is 29.6 Å². The fraction of sp³-hybridized carbons (Fsp3) is 0.375. The number of aromatic nitrogens is 1. The minimum atomic E-state index is -0.276. The van der Waals surface area contributed by atoms with E-state index in [9.17, 15) is 9.59 Å². The molecule has 2 atom stereocenters. The van der Waals surface area contributed by atoms with Gasteiger partial charge in [0.2, 0.25) is 5.56 Å². The maximum absolute atomic E-state index is 12.6. The molecule has 1 fully saturated rings. The highest BCUT2D eigenvalue weighted by Crippen LogP contribution is 2.26. The molecule has 2 unspecified atom stereocenters. The fourth-order valence-corrected chi connectivity index (χ4v) is 3.53. The van der Waals surface area contributed by atoms with Crippen LogP contribution >= 0.6 is 28.3 Å². The lowest BCUT2D eigenvalue weighted by Crippen LogP contribution is -2.40. The van der Waals surface area contributed by atoms with Gasteiger partial charge in [-0.2, -0.15) is 0 Å². The van der Waals surface area contributed by atoms with Gasteiger partial charge in [-0.15, -0.1) is 12.4 Å². The third-order valence-corrected chi connectivity index (χ3v) is 4.82. The summed E-state index contributed by atoms with van der Waals surface area (Å²) in [6.07, 6.45) is 3.07. The number of H-pyrrole nitrogens is 1. The van der Waals surface area contributed by atoms with Crippen LogP contribution in [0.25, 0.3) is 10.9 Å². The molecule has 0 aliphatic heterocycles. The molecular formula is C16H19BrClN3O2. The van der Waals surface area contributed by atoms with Crippen molar-refractivity contribution in [3.63, 3.8) is 0 Å². The number of nitrogens with two attached hydrogens (primary N) is 1. The SMILES string of the molecule is Cl.NCC1CCCC1NC(=O)c1cc(=O)[nH]c2ccc(Br)cc12. The number of rotatable bonds is 3. The van der Waals surface area contributed by atoms with Crippen LogP contribution in [0.15, 0.2) is 33.5 Å². The van der Waals surface area contributed by atoms with Crippen molar-refractivity contribution in [3.05, 3.63) is 44.7 Å². The molecule has 0 bridgehead atoms. The maximum atomic E-state index is 12.6. The van der Waals surface area contributed by atoms with Gasteiger partial charge in [-0.1, -0.05) is 22.4 Å². The first-order valence-electron chi connectivity index (χ1n) is 7.42. The van der Waals surface area contributed by atoms with E-state index >= 15 is 0 Å². The van der Waals surface area contributed by atoms with Crippen molar-refractivity contribution in [2.24, 2.45) is 11.7 Å². The Hall–Kier alpha value is -1.37. The molecule has 0 radical (unpaired) electrons. The van der Waals surface area contributed by atoms with Gasteiger partial charge < -0.3 is 16.0 Å². The average molecular weight is 401 g/mol. The number of hydrogen-bond acceptors (Lipinski definition) is 3. The third-order valence-electron chi connectivity index (χ3n) is 4.33. The molecule has 23 heavy (non-hydrogen) atoms. The Labute approximate surface area is 148 Å². The largest absolute Gasteiger partial charge is 0.349 e. The summed E-state index contributed by atoms with van der Waals surface area (Å²) in [7, 11) is 0. The minimum absolute atomic E-state index is 0. The predicted octanol–water partition coefficient (Wildman–Crippen LogP) is 2.57. The normalized spacial score (nSPS) is 20.3. The van der Waals surface area contributed by atoms with Gasteiger partial charge in [0.1, 0.15) is 0 Å². The van der Waals surface area contributed by atoms with Crippen molar-refractivity contribution >= 4 is 45.1 Å². The van der Waals surface area contributed by atoms with Gasteiger partial charge in [0.25, 0.3) is 5.91 Å². The Bertz CT molecular complexity index is 777. The van der Waals surface area contributed by atoms with Gasteiger partial charge in [0.05, 0.1) is 5.56 Å². The number of carbonyl (C=O) groups is 1. The van der Waals surface area contributed by atoms with E-state index in [1.54, 1.807) is 6.07 Å². The van der Waals surface area contributed by atoms with Crippen molar-refractivity contribution in [2.45, 2.75) is 25.3 Å². The van der Waals surface area contributed by atoms with Crippen LogP contribution in [0.5, 0.6) is 0 Å². The Kier molecular flexibility index (Phi) is 5.84. The Balaban J connectivity index is 0.00000192. The van der Waals surface area contributed by atoms with Crippen molar-refractivity contribution in [3.8, 4) is 0 Å². The van der Waals surface area contributed by atoms with Crippen molar-refractivity contribution in [1.82, 2.24) is 10.3 Å². The molecule has 1 aliphatic carbocycles. The first-order valence-corrected chi connectivity index (χ1v) is 8.21. The molecule has 3 rings (SSSR count). The lowest BCUT2D eigenvalue weighted by Gasteiger charge is -2.19. The van der Waals surface area contributed by atoms with Crippen LogP contribution in [0.3, 0.4) is 0 Å². The number of nitrogens with one attached hydrogen (secondary N) is 2. The zero-order valence-corrected chi connectivity index (χ0v) is 14.9. The standard InChI is InChI=1S/C16H18BrN3O2.ClH/c17-10-4-5-14-11(6-10)12(7-15(21)19-14)16(22)20-13-3-1-2-9(13)8-18;/h4-7,9,13H,1-3,8,18H2,(H,19,21)(H,20,22);1H. The van der Waals surface area contributed by atoms with Gasteiger partial charge in [0, 0.05) is 27.5 Å². The van der Waals surface area contributed by atoms with Crippen molar-refractivity contribution in [2.75, 3.05) is 6.54 Å². The zero-order valence-electron chi connectivity index (χ0n) is 12.5. The number of amides is 1. The molecule has 5 nitrogen and oxygen atoms in total. The molecule has 1 amide bonds. The molecule has 124 valence electrons. The van der Waals surface area contributed by atoms with E-state index in [4.69, 9.17) is 5.73 Å². The fourth-order valence-electron chi connectivity index (χ4n) is 3.17. The predicted molar refractivity (Wildman–Crippen MR) is 97.2 cm³/mol. The van der Waals surface area contributed by atoms with Crippen molar-refractivity contribution in [1.29, 1.82) is 0 Å². The highest BCUT2D eigenvalue weighted by molar-refractivity contribution is 9.10. The topological polar surface area (TPSA) is 88.0 Å². The van der Waals surface area contributed by atoms with Crippen LogP contribution in [-0.4, -0.2) is 23.5 Å². The van der Waals surface area contributed by atoms with E-state index in [-0.39, 0.29) is 29.9 Å². The zero-order chi connectivity index (χ0) is 15.7. The summed E-state index contributed by atoms with van der Waals surface area (Å²) in [6, 6.07) is 6.92. The lowest BCUT2D eigenvalue weighted by atomic mass is 10.0. The Morgan fingerprint density at radius 1 is 1.35 bits per heavy atom. The molecule has 1 heterocycles. The number of halogens is 2. The molecule has 1 saturated carbocycles. The van der Waals surface area contributed by atoms with Gasteiger partial charge in [-0.05, 0) is 43.5 Å². The van der Waals surface area contributed by atoms with E-state index in [0.29, 0.717) is 23.5 Å². The van der Waals surface area contributed by atoms with Gasteiger partial charge in [-0.25, -0.2) is 0 Å². The molecule has 0 saturated heterocycles. The second-order valence-electron chi connectivity index (χ2n) is 5.74. The summed E-state index contributed by atoms with van der Waals surface area (Å²) in [5, 5.41) is 3.78. The highest BCUT2D eigenvalue weighted by atomic mass is 79.9. The summed E-state index contributed by atoms with van der Waals surface area (Å²) in [5.41, 5.74) is 6.55. The quantitative estimate of drug-likeness (QED) is 0.740. The smallest absolute Gasteiger partial charge is 0.252 e. The molecular weight excluding hydrogens is 382 g/mol. The summed E-state index contributed by atoms with van der Waals surface area (Å²) in [6.45, 7) is 0.576. The van der Waals surface area contributed by atoms with Crippen LogP contribution in [0.4, 0.5) is 0 Å². The van der Waals surface area contributed by atoms with E-state index in [0.717, 1.165) is 29.1 Å². The number of aromatic amines is 1. The number of pyridine rings is 1. The second kappa shape index (κ2) is 7.47. The Morgan fingerprint density at radius 3 is 2.87 bits per heavy atom. The van der Waals surface area contributed by atoms with Gasteiger partial charge in [-0.3, -0.25) is 9.59 Å². The third kappa shape index (κ3) is 3.76. The highest BCUT2D eigenvalue weighted by Gasteiger charge is 2.28. The first-order chi connectivity index (χ1) is 10.6. The number of hydrogen-bond donors (Lipinski definition) is 3. The Morgan fingerprint density at radius 2 is 2.13 bits per heavy atom. The van der Waals surface area contributed by atoms with Gasteiger partial charge in [0.15, 0.2) is 0 Å². The summed E-state index contributed by atoms with van der Waals surface area (Å²) in [4.78, 5) is 27.2. The number of benzene rings is 1. The van der Waals surface area contributed by atoms with Gasteiger partial charge >= 0.3 is 0 Å². The van der Waals surface area contributed by atoms with E-state index in [2.05, 4.69) is 26.2 Å². The van der Waals surface area contributed by atoms with Crippen LogP contribution in [-0.2, 0) is 0 Å². The molecule has 1 aromatic carbocycles. The molecule has 7 heteroatoms.